The van der Waals surface area contributed by atoms with Gasteiger partial charge in [0, 0.05) is 11.8 Å². The first-order valence-electron chi connectivity index (χ1n) is 4.38. The molecule has 2 nitrogen and oxygen atoms in total. The summed E-state index contributed by atoms with van der Waals surface area (Å²) in [5.41, 5.74) is 2.79. The summed E-state index contributed by atoms with van der Waals surface area (Å²) in [5, 5.41) is 2.60. The van der Waals surface area contributed by atoms with Crippen LogP contribution < -0.4 is 0 Å². The number of allylic oxidation sites excluding steroid dienone is 2. The van der Waals surface area contributed by atoms with Gasteiger partial charge in [0.2, 0.25) is 0 Å². The van der Waals surface area contributed by atoms with Crippen LogP contribution in [0, 0.1) is 12.3 Å². The second-order valence-electron chi connectivity index (χ2n) is 3.21. The highest BCUT2D eigenvalue weighted by atomic mass is 32.1. The minimum Gasteiger partial charge on any atom is -0.295 e. The lowest BCUT2D eigenvalue weighted by Crippen LogP contribution is -1.90. The number of carbonyl (C=O) groups excluding carboxylic acids is 1. The first kappa shape index (κ1) is 9.17. The van der Waals surface area contributed by atoms with E-state index in [9.17, 15) is 4.79 Å². The summed E-state index contributed by atoms with van der Waals surface area (Å²) in [6.45, 7) is 1.86. The molecule has 0 amide bonds. The third-order valence-electron chi connectivity index (χ3n) is 2.41. The molecule has 70 valence electrons. The Morgan fingerprint density at radius 1 is 1.57 bits per heavy atom. The number of ketones is 1. The molecule has 0 spiro atoms. The Hall–Kier alpha value is -1.40. The van der Waals surface area contributed by atoms with Crippen molar-refractivity contribution in [3.8, 4) is 12.3 Å². The second-order valence-corrected chi connectivity index (χ2v) is 4.07. The molecule has 0 bridgehead atoms. The summed E-state index contributed by atoms with van der Waals surface area (Å²) in [7, 11) is 0. The van der Waals surface area contributed by atoms with Gasteiger partial charge in [-0.05, 0) is 30.4 Å². The predicted molar refractivity (Wildman–Crippen MR) is 56.9 cm³/mol. The molecule has 3 heteroatoms. The molecule has 1 aromatic heterocycles. The minimum absolute atomic E-state index is 0.232. The van der Waals surface area contributed by atoms with Gasteiger partial charge in [0.25, 0.3) is 0 Å². The summed E-state index contributed by atoms with van der Waals surface area (Å²) >= 11 is 1.45. The van der Waals surface area contributed by atoms with Crippen molar-refractivity contribution in [2.24, 2.45) is 0 Å². The molecular weight excluding hydrogens is 194 g/mol. The highest BCUT2D eigenvalue weighted by Gasteiger charge is 2.21. The summed E-state index contributed by atoms with van der Waals surface area (Å²) < 4.78 is 0. The Morgan fingerprint density at radius 3 is 2.86 bits per heavy atom. The van der Waals surface area contributed by atoms with Crippen LogP contribution in [0.5, 0.6) is 0 Å². The average Bonchev–Trinajstić information content (AvgIpc) is 2.75. The molecule has 1 heterocycles. The molecule has 2 rings (SSSR count). The summed E-state index contributed by atoms with van der Waals surface area (Å²) in [6.07, 6.45) is 6.66. The van der Waals surface area contributed by atoms with Crippen molar-refractivity contribution in [3.63, 3.8) is 0 Å². The lowest BCUT2D eigenvalue weighted by molar-refractivity contribution is -0.114. The highest BCUT2D eigenvalue weighted by Crippen LogP contribution is 2.31. The lowest BCUT2D eigenvalue weighted by atomic mass is 10.1. The molecule has 14 heavy (non-hydrogen) atoms. The highest BCUT2D eigenvalue weighted by molar-refractivity contribution is 7.10. The number of hydrogen-bond donors (Lipinski definition) is 0. The predicted octanol–water partition coefficient (Wildman–Crippen LogP) is 2.26. The fourth-order valence-electron chi connectivity index (χ4n) is 1.58. The number of rotatable bonds is 1. The van der Waals surface area contributed by atoms with Gasteiger partial charge in [-0.2, -0.15) is 0 Å². The van der Waals surface area contributed by atoms with Gasteiger partial charge in [-0.25, -0.2) is 4.98 Å². The van der Waals surface area contributed by atoms with Gasteiger partial charge in [0.15, 0.2) is 10.8 Å². The summed E-state index contributed by atoms with van der Waals surface area (Å²) in [5.74, 6) is 2.73. The van der Waals surface area contributed by atoms with Crippen molar-refractivity contribution in [2.45, 2.75) is 19.8 Å². The van der Waals surface area contributed by atoms with E-state index in [0.29, 0.717) is 11.4 Å². The molecule has 1 aliphatic carbocycles. The number of carbonyl (C=O) groups is 1. The van der Waals surface area contributed by atoms with Gasteiger partial charge in [-0.15, -0.1) is 17.8 Å². The maximum atomic E-state index is 11.3. The Kier molecular flexibility index (Phi) is 2.22. The SMILES string of the molecule is C#Cc1nc(C2=C(C)C(=O)CC2)cs1. The van der Waals surface area contributed by atoms with E-state index in [1.165, 1.54) is 11.3 Å². The number of hydrogen-bond acceptors (Lipinski definition) is 3. The van der Waals surface area contributed by atoms with Crippen LogP contribution in [0.2, 0.25) is 0 Å². The number of terminal acetylenes is 1. The van der Waals surface area contributed by atoms with E-state index in [-0.39, 0.29) is 5.78 Å². The van der Waals surface area contributed by atoms with E-state index in [0.717, 1.165) is 23.3 Å². The van der Waals surface area contributed by atoms with Crippen LogP contribution in [-0.2, 0) is 4.79 Å². The monoisotopic (exact) mass is 203 g/mol. The van der Waals surface area contributed by atoms with Crippen molar-refractivity contribution in [2.75, 3.05) is 0 Å². The lowest BCUT2D eigenvalue weighted by Gasteiger charge is -1.95. The molecule has 0 fully saturated rings. The van der Waals surface area contributed by atoms with Crippen LogP contribution >= 0.6 is 11.3 Å². The van der Waals surface area contributed by atoms with Crippen molar-refractivity contribution in [1.82, 2.24) is 4.98 Å². The van der Waals surface area contributed by atoms with Crippen LogP contribution in [0.15, 0.2) is 11.0 Å². The van der Waals surface area contributed by atoms with Crippen LogP contribution in [0.1, 0.15) is 30.5 Å². The number of nitrogens with zero attached hydrogens (tertiary/aromatic N) is 1. The van der Waals surface area contributed by atoms with Crippen molar-refractivity contribution >= 4 is 22.7 Å². The summed E-state index contributed by atoms with van der Waals surface area (Å²) in [4.78, 5) is 15.6. The van der Waals surface area contributed by atoms with E-state index >= 15 is 0 Å². The second kappa shape index (κ2) is 3.39. The molecule has 0 radical (unpaired) electrons. The van der Waals surface area contributed by atoms with Crippen molar-refractivity contribution < 1.29 is 4.79 Å². The van der Waals surface area contributed by atoms with E-state index in [1.807, 2.05) is 12.3 Å². The van der Waals surface area contributed by atoms with E-state index in [2.05, 4.69) is 10.9 Å². The molecule has 0 aliphatic heterocycles. The molecule has 0 saturated heterocycles. The third-order valence-corrected chi connectivity index (χ3v) is 3.18. The van der Waals surface area contributed by atoms with Gasteiger partial charge in [-0.3, -0.25) is 4.79 Å². The summed E-state index contributed by atoms with van der Waals surface area (Å²) in [6, 6.07) is 0. The Labute approximate surface area is 86.7 Å². The van der Waals surface area contributed by atoms with Crippen LogP contribution in [0.25, 0.3) is 5.57 Å². The zero-order valence-electron chi connectivity index (χ0n) is 7.83. The van der Waals surface area contributed by atoms with Crippen LogP contribution in [0.4, 0.5) is 0 Å². The van der Waals surface area contributed by atoms with Crippen LogP contribution in [0.3, 0.4) is 0 Å². The quantitative estimate of drug-likeness (QED) is 0.655. The maximum Gasteiger partial charge on any atom is 0.167 e. The molecule has 0 aromatic carbocycles. The average molecular weight is 203 g/mol. The Morgan fingerprint density at radius 2 is 2.36 bits per heavy atom. The fourth-order valence-corrected chi connectivity index (χ4v) is 2.22. The third kappa shape index (κ3) is 1.38. The molecule has 0 N–H and O–H groups in total. The smallest absolute Gasteiger partial charge is 0.167 e. The first-order chi connectivity index (χ1) is 6.72. The Bertz CT molecular complexity index is 462. The minimum atomic E-state index is 0.232. The van der Waals surface area contributed by atoms with Crippen molar-refractivity contribution in [1.29, 1.82) is 0 Å². The molecular formula is C11H9NOS. The zero-order valence-corrected chi connectivity index (χ0v) is 8.65. The number of aromatic nitrogens is 1. The molecule has 0 saturated carbocycles. The van der Waals surface area contributed by atoms with E-state index in [4.69, 9.17) is 6.42 Å². The Balaban J connectivity index is 2.42. The largest absolute Gasteiger partial charge is 0.295 e. The topological polar surface area (TPSA) is 30.0 Å². The van der Waals surface area contributed by atoms with E-state index < -0.39 is 0 Å². The number of Topliss-reactive ketones (excluding diaryl/α,β-unsaturated/α-hetero) is 1. The van der Waals surface area contributed by atoms with Gasteiger partial charge in [-0.1, -0.05) is 0 Å². The zero-order chi connectivity index (χ0) is 10.1. The molecule has 1 aliphatic rings. The van der Waals surface area contributed by atoms with Gasteiger partial charge in [0.05, 0.1) is 5.69 Å². The maximum absolute atomic E-state index is 11.3. The molecule has 0 atom stereocenters. The van der Waals surface area contributed by atoms with Gasteiger partial charge in [0.1, 0.15) is 0 Å². The number of thiazole rings is 1. The van der Waals surface area contributed by atoms with Gasteiger partial charge < -0.3 is 0 Å². The normalized spacial score (nSPS) is 16.1. The molecule has 1 aromatic rings. The van der Waals surface area contributed by atoms with Gasteiger partial charge >= 0.3 is 0 Å². The first-order valence-corrected chi connectivity index (χ1v) is 5.26. The van der Waals surface area contributed by atoms with Crippen molar-refractivity contribution in [3.05, 3.63) is 21.7 Å². The fraction of sp³-hybridized carbons (Fsp3) is 0.273. The van der Waals surface area contributed by atoms with Crippen LogP contribution in [-0.4, -0.2) is 10.8 Å². The standard InChI is InChI=1S/C11H9NOS/c1-3-11-12-9(6-14-11)8-4-5-10(13)7(8)2/h1,6H,4-5H2,2H3. The molecule has 0 unspecified atom stereocenters. The van der Waals surface area contributed by atoms with E-state index in [1.54, 1.807) is 0 Å².